The summed E-state index contributed by atoms with van der Waals surface area (Å²) in [6.07, 6.45) is 4.88. The highest BCUT2D eigenvalue weighted by Crippen LogP contribution is 2.36. The van der Waals surface area contributed by atoms with Crippen LogP contribution >= 0.6 is 0 Å². The van der Waals surface area contributed by atoms with Crippen LogP contribution in [0.5, 0.6) is 5.75 Å². The normalized spacial score (nSPS) is 23.0. The minimum absolute atomic E-state index is 0.0400. The van der Waals surface area contributed by atoms with Crippen LogP contribution < -0.4 is 4.74 Å². The summed E-state index contributed by atoms with van der Waals surface area (Å²) in [5.41, 5.74) is 1.67. The summed E-state index contributed by atoms with van der Waals surface area (Å²) in [4.78, 5) is 2.53. The topological polar surface area (TPSA) is 66.8 Å². The molecule has 1 aromatic rings. The van der Waals surface area contributed by atoms with Gasteiger partial charge in [-0.15, -0.1) is 0 Å². The highest BCUT2D eigenvalue weighted by molar-refractivity contribution is 7.85. The van der Waals surface area contributed by atoms with E-state index in [2.05, 4.69) is 4.90 Å². The smallest absolute Gasteiger partial charge is 0.294 e. The molecule has 1 N–H and O–H groups in total. The van der Waals surface area contributed by atoms with Crippen molar-refractivity contribution in [3.63, 3.8) is 0 Å². The third-order valence-corrected chi connectivity index (χ3v) is 5.61. The van der Waals surface area contributed by atoms with Gasteiger partial charge in [0.05, 0.1) is 12.0 Å². The van der Waals surface area contributed by atoms with Crippen LogP contribution in [0.3, 0.4) is 0 Å². The number of hydrogen-bond donors (Lipinski definition) is 1. The molecule has 0 radical (unpaired) electrons. The van der Waals surface area contributed by atoms with Crippen LogP contribution in [0, 0.1) is 0 Å². The van der Waals surface area contributed by atoms with Crippen molar-refractivity contribution in [1.29, 1.82) is 0 Å². The summed E-state index contributed by atoms with van der Waals surface area (Å²) in [7, 11) is -2.58. The van der Waals surface area contributed by atoms with Gasteiger partial charge in [0.2, 0.25) is 0 Å². The predicted molar refractivity (Wildman–Crippen MR) is 79.4 cm³/mol. The number of likely N-dealkylation sites (tertiary alicyclic amines) is 1. The first-order valence-corrected chi connectivity index (χ1v) is 8.85. The second kappa shape index (κ2) is 5.59. The van der Waals surface area contributed by atoms with Crippen molar-refractivity contribution in [2.45, 2.75) is 43.0 Å². The third kappa shape index (κ3) is 2.80. The highest BCUT2D eigenvalue weighted by atomic mass is 32.2. The van der Waals surface area contributed by atoms with Gasteiger partial charge in [0.1, 0.15) is 5.75 Å². The van der Waals surface area contributed by atoms with E-state index < -0.39 is 10.1 Å². The quantitative estimate of drug-likeness (QED) is 0.864. The first-order valence-electron chi connectivity index (χ1n) is 7.41. The van der Waals surface area contributed by atoms with Crippen molar-refractivity contribution < 1.29 is 17.7 Å². The Morgan fingerprint density at radius 3 is 2.57 bits per heavy atom. The predicted octanol–water partition coefficient (Wildman–Crippen LogP) is 1.90. The fourth-order valence-corrected chi connectivity index (χ4v) is 4.42. The van der Waals surface area contributed by atoms with Crippen LogP contribution in [0.4, 0.5) is 0 Å². The van der Waals surface area contributed by atoms with Gasteiger partial charge in [0.25, 0.3) is 10.1 Å². The summed E-state index contributed by atoms with van der Waals surface area (Å²) >= 11 is 0. The van der Waals surface area contributed by atoms with Crippen molar-refractivity contribution in [3.8, 4) is 5.75 Å². The summed E-state index contributed by atoms with van der Waals surface area (Å²) in [6.45, 7) is 2.25. The molecule has 1 atom stereocenters. The number of rotatable bonds is 3. The lowest BCUT2D eigenvalue weighted by atomic mass is 9.87. The van der Waals surface area contributed by atoms with E-state index in [0.717, 1.165) is 42.8 Å². The van der Waals surface area contributed by atoms with Crippen molar-refractivity contribution >= 4 is 10.1 Å². The number of methoxy groups -OCH3 is 1. The van der Waals surface area contributed by atoms with Gasteiger partial charge in [-0.1, -0.05) is 0 Å². The number of fused-ring (bicyclic) bond motifs is 1. The summed E-state index contributed by atoms with van der Waals surface area (Å²) in [6, 6.07) is 3.54. The van der Waals surface area contributed by atoms with E-state index in [1.807, 2.05) is 0 Å². The monoisotopic (exact) mass is 311 g/mol. The molecule has 116 valence electrons. The van der Waals surface area contributed by atoms with E-state index in [-0.39, 0.29) is 4.90 Å². The van der Waals surface area contributed by atoms with Gasteiger partial charge in [-0.2, -0.15) is 8.42 Å². The molecule has 0 aromatic heterocycles. The maximum atomic E-state index is 11.5. The summed E-state index contributed by atoms with van der Waals surface area (Å²) in [5, 5.41) is 0. The Morgan fingerprint density at radius 2 is 1.95 bits per heavy atom. The zero-order valence-electron chi connectivity index (χ0n) is 12.2. The molecular formula is C15H21NO4S. The Balaban J connectivity index is 1.99. The molecule has 1 heterocycles. The van der Waals surface area contributed by atoms with Crippen LogP contribution in [-0.4, -0.2) is 44.1 Å². The second-order valence-corrected chi connectivity index (χ2v) is 7.23. The number of hydrogen-bond acceptors (Lipinski definition) is 4. The molecule has 5 nitrogen and oxygen atoms in total. The molecule has 0 spiro atoms. The highest BCUT2D eigenvalue weighted by Gasteiger charge is 2.31. The van der Waals surface area contributed by atoms with E-state index in [1.165, 1.54) is 18.9 Å². The molecular weight excluding hydrogens is 290 g/mol. The van der Waals surface area contributed by atoms with Gasteiger partial charge < -0.3 is 9.64 Å². The molecule has 1 unspecified atom stereocenters. The number of benzene rings is 1. The molecule has 1 fully saturated rings. The van der Waals surface area contributed by atoms with Gasteiger partial charge >= 0.3 is 0 Å². The van der Waals surface area contributed by atoms with Crippen molar-refractivity contribution in [2.75, 3.05) is 20.2 Å². The zero-order chi connectivity index (χ0) is 15.0. The Kier molecular flexibility index (Phi) is 3.94. The average molecular weight is 311 g/mol. The van der Waals surface area contributed by atoms with Gasteiger partial charge in [-0.25, -0.2) is 0 Å². The molecule has 1 aromatic carbocycles. The maximum Gasteiger partial charge on any atom is 0.294 e. The Labute approximate surface area is 125 Å². The Bertz CT molecular complexity index is 635. The molecule has 0 bridgehead atoms. The van der Waals surface area contributed by atoms with Crippen molar-refractivity contribution in [1.82, 2.24) is 4.90 Å². The van der Waals surface area contributed by atoms with Crippen molar-refractivity contribution in [2.24, 2.45) is 0 Å². The average Bonchev–Trinajstić information content (AvgIpc) is 2.98. The second-order valence-electron chi connectivity index (χ2n) is 5.84. The van der Waals surface area contributed by atoms with Gasteiger partial charge in [-0.05, 0) is 62.9 Å². The SMILES string of the molecule is COc1ccc(S(=O)(=O)O)c2c1CC(N1CCCC1)CC2. The minimum atomic E-state index is -4.17. The van der Waals surface area contributed by atoms with Crippen LogP contribution in [0.15, 0.2) is 17.0 Å². The van der Waals surface area contributed by atoms with E-state index in [0.29, 0.717) is 12.5 Å². The Hall–Kier alpha value is -1.11. The lowest BCUT2D eigenvalue weighted by molar-refractivity contribution is 0.219. The zero-order valence-corrected chi connectivity index (χ0v) is 13.0. The van der Waals surface area contributed by atoms with Gasteiger partial charge in [0.15, 0.2) is 0 Å². The standard InChI is InChI=1S/C15H21NO4S/c1-20-14-6-7-15(21(17,18)19)12-5-4-11(10-13(12)14)16-8-2-3-9-16/h6-7,11H,2-5,8-10H2,1H3,(H,17,18,19). The lowest BCUT2D eigenvalue weighted by Gasteiger charge is -2.33. The molecule has 6 heteroatoms. The van der Waals surface area contributed by atoms with Crippen molar-refractivity contribution in [3.05, 3.63) is 23.3 Å². The molecule has 2 aliphatic rings. The molecule has 21 heavy (non-hydrogen) atoms. The minimum Gasteiger partial charge on any atom is -0.496 e. The molecule has 0 amide bonds. The van der Waals surface area contributed by atoms with E-state index in [1.54, 1.807) is 13.2 Å². The van der Waals surface area contributed by atoms with Crippen LogP contribution in [0.25, 0.3) is 0 Å². The fraction of sp³-hybridized carbons (Fsp3) is 0.600. The molecule has 1 saturated heterocycles. The largest absolute Gasteiger partial charge is 0.496 e. The maximum absolute atomic E-state index is 11.5. The molecule has 1 aliphatic carbocycles. The molecule has 3 rings (SSSR count). The van der Waals surface area contributed by atoms with Crippen LogP contribution in [0.1, 0.15) is 30.4 Å². The first-order chi connectivity index (χ1) is 10.0. The molecule has 0 saturated carbocycles. The number of nitrogens with zero attached hydrogens (tertiary/aromatic N) is 1. The van der Waals surface area contributed by atoms with E-state index in [9.17, 15) is 13.0 Å². The third-order valence-electron chi connectivity index (χ3n) is 4.67. The van der Waals surface area contributed by atoms with Crippen LogP contribution in [-0.2, 0) is 23.0 Å². The van der Waals surface area contributed by atoms with Crippen LogP contribution in [0.2, 0.25) is 0 Å². The van der Waals surface area contributed by atoms with Gasteiger partial charge in [0, 0.05) is 11.6 Å². The van der Waals surface area contributed by atoms with E-state index in [4.69, 9.17) is 4.74 Å². The lowest BCUT2D eigenvalue weighted by Crippen LogP contribution is -2.37. The fourth-order valence-electron chi connectivity index (χ4n) is 3.65. The van der Waals surface area contributed by atoms with E-state index >= 15 is 0 Å². The Morgan fingerprint density at radius 1 is 1.24 bits per heavy atom. The first kappa shape index (κ1) is 14.8. The van der Waals surface area contributed by atoms with Gasteiger partial charge in [-0.3, -0.25) is 4.55 Å². The number of ether oxygens (including phenoxy) is 1. The summed E-state index contributed by atoms with van der Waals surface area (Å²) in [5.74, 6) is 0.723. The summed E-state index contributed by atoms with van der Waals surface area (Å²) < 4.78 is 37.9. The molecule has 1 aliphatic heterocycles.